The normalized spacial score (nSPS) is 13.3. The van der Waals surface area contributed by atoms with Crippen LogP contribution in [0.5, 0.6) is 0 Å². The highest BCUT2D eigenvalue weighted by Gasteiger charge is 2.22. The molecule has 0 amide bonds. The van der Waals surface area contributed by atoms with E-state index in [1.54, 1.807) is 0 Å². The molecule has 0 saturated carbocycles. The Morgan fingerprint density at radius 3 is 1.07 bits per heavy atom. The van der Waals surface area contributed by atoms with Gasteiger partial charge in [-0.2, -0.15) is 0 Å². The van der Waals surface area contributed by atoms with Gasteiger partial charge in [0.15, 0.2) is 6.10 Å². The van der Waals surface area contributed by atoms with Crippen LogP contribution in [0, 0.1) is 0 Å². The lowest BCUT2D eigenvalue weighted by atomic mass is 10.0. The first kappa shape index (κ1) is 72.5. The molecule has 10 heteroatoms. The summed E-state index contributed by atoms with van der Waals surface area (Å²) in [6.07, 6.45) is 68.2. The lowest BCUT2D eigenvalue weighted by Gasteiger charge is -2.28. The molecule has 0 aliphatic carbocycles. The molecule has 0 aromatic heterocycles. The van der Waals surface area contributed by atoms with Crippen molar-refractivity contribution in [1.29, 1.82) is 0 Å². The maximum atomic E-state index is 12.8. The van der Waals surface area contributed by atoms with Crippen LogP contribution in [-0.4, -0.2) is 70.0 Å². The molecular weight excluding hydrogens is 942 g/mol. The summed E-state index contributed by atoms with van der Waals surface area (Å²) in [5, 5.41) is 0. The SMILES string of the molecule is CCCCCCC/C=C\C/C=C\CCCCCCCCCCCCCCCCCCCCCCCC(=O)OC(COC(=O)CCCCCCCCCCCCCCCCCCC)COP(=O)([O-])OCC[N+](C)(C)C. The van der Waals surface area contributed by atoms with Crippen molar-refractivity contribution in [3.63, 3.8) is 0 Å². The lowest BCUT2D eigenvalue weighted by Crippen LogP contribution is -2.37. The predicted octanol–water partition coefficient (Wildman–Crippen LogP) is 19.5. The summed E-state index contributed by atoms with van der Waals surface area (Å²) in [6, 6.07) is 0. The molecule has 2 atom stereocenters. The summed E-state index contributed by atoms with van der Waals surface area (Å²) in [5.41, 5.74) is 0. The van der Waals surface area contributed by atoms with Gasteiger partial charge in [0.1, 0.15) is 19.8 Å². The van der Waals surface area contributed by atoms with Gasteiger partial charge in [-0.05, 0) is 44.9 Å². The third-order valence-electron chi connectivity index (χ3n) is 14.5. The monoisotopic (exact) mass is 1070 g/mol. The Kier molecular flexibility index (Phi) is 55.1. The molecule has 0 fully saturated rings. The molecule has 2 unspecified atom stereocenters. The molecule has 0 aliphatic rings. The summed E-state index contributed by atoms with van der Waals surface area (Å²) < 4.78 is 34.2. The quantitative estimate of drug-likeness (QED) is 0.0195. The first-order chi connectivity index (χ1) is 36.0. The highest BCUT2D eigenvalue weighted by atomic mass is 31.2. The molecule has 0 heterocycles. The first-order valence-electron chi connectivity index (χ1n) is 32.0. The first-order valence-corrected chi connectivity index (χ1v) is 33.5. The van der Waals surface area contributed by atoms with Crippen molar-refractivity contribution in [2.75, 3.05) is 47.5 Å². The van der Waals surface area contributed by atoms with Crippen LogP contribution in [0.3, 0.4) is 0 Å². The molecule has 0 aromatic rings. The van der Waals surface area contributed by atoms with E-state index in [2.05, 4.69) is 38.2 Å². The number of nitrogens with zero attached hydrogens (tertiary/aromatic N) is 1. The topological polar surface area (TPSA) is 111 Å². The van der Waals surface area contributed by atoms with E-state index in [-0.39, 0.29) is 32.0 Å². The zero-order valence-electron chi connectivity index (χ0n) is 49.8. The second-order valence-corrected chi connectivity index (χ2v) is 24.5. The number of phosphoric acid groups is 1. The zero-order chi connectivity index (χ0) is 54.2. The van der Waals surface area contributed by atoms with Gasteiger partial charge in [0.25, 0.3) is 7.82 Å². The molecule has 9 nitrogen and oxygen atoms in total. The number of allylic oxidation sites excluding steroid dienone is 4. The van der Waals surface area contributed by atoms with E-state index in [0.717, 1.165) is 38.5 Å². The fraction of sp³-hybridized carbons (Fsp3) is 0.906. The highest BCUT2D eigenvalue weighted by Crippen LogP contribution is 2.38. The van der Waals surface area contributed by atoms with Gasteiger partial charge in [-0.15, -0.1) is 0 Å². The second-order valence-electron chi connectivity index (χ2n) is 23.1. The molecule has 0 aromatic carbocycles. The van der Waals surface area contributed by atoms with Crippen LogP contribution < -0.4 is 4.89 Å². The number of unbranched alkanes of at least 4 members (excludes halogenated alkanes) is 42. The predicted molar refractivity (Wildman–Crippen MR) is 314 cm³/mol. The number of carbonyl (C=O) groups excluding carboxylic acids is 2. The van der Waals surface area contributed by atoms with Crippen LogP contribution in [0.4, 0.5) is 0 Å². The van der Waals surface area contributed by atoms with E-state index < -0.39 is 26.5 Å². The van der Waals surface area contributed by atoms with E-state index in [9.17, 15) is 19.0 Å². The van der Waals surface area contributed by atoms with Crippen molar-refractivity contribution in [1.82, 2.24) is 0 Å². The maximum absolute atomic E-state index is 12.8. The number of ether oxygens (including phenoxy) is 2. The van der Waals surface area contributed by atoms with Crippen LogP contribution in [-0.2, 0) is 32.7 Å². The Morgan fingerprint density at radius 1 is 0.419 bits per heavy atom. The Bertz CT molecular complexity index is 1300. The fourth-order valence-corrected chi connectivity index (χ4v) is 10.2. The van der Waals surface area contributed by atoms with Crippen molar-refractivity contribution < 1.29 is 42.1 Å². The minimum Gasteiger partial charge on any atom is -0.756 e. The molecule has 74 heavy (non-hydrogen) atoms. The smallest absolute Gasteiger partial charge is 0.306 e. The molecule has 0 aliphatic heterocycles. The number of hydrogen-bond donors (Lipinski definition) is 0. The van der Waals surface area contributed by atoms with Gasteiger partial charge in [0, 0.05) is 12.8 Å². The van der Waals surface area contributed by atoms with Crippen LogP contribution in [0.25, 0.3) is 0 Å². The highest BCUT2D eigenvalue weighted by molar-refractivity contribution is 7.45. The Morgan fingerprint density at radius 2 is 0.730 bits per heavy atom. The third kappa shape index (κ3) is 59.7. The fourth-order valence-electron chi connectivity index (χ4n) is 9.51. The average Bonchev–Trinajstić information content (AvgIpc) is 3.36. The number of quaternary nitrogens is 1. The van der Waals surface area contributed by atoms with E-state index in [4.69, 9.17) is 18.5 Å². The number of esters is 2. The van der Waals surface area contributed by atoms with Crippen LogP contribution in [0.1, 0.15) is 322 Å². The number of hydrogen-bond acceptors (Lipinski definition) is 8. The molecule has 0 saturated heterocycles. The Hall–Kier alpha value is -1.51. The van der Waals surface area contributed by atoms with Crippen LogP contribution >= 0.6 is 7.82 Å². The van der Waals surface area contributed by atoms with Gasteiger partial charge in [-0.3, -0.25) is 14.2 Å². The standard InChI is InChI=1S/C64H124NO8P/c1-6-8-10-12-14-16-18-20-22-24-25-26-27-28-29-30-31-32-33-34-35-36-37-38-39-41-43-45-47-49-51-53-55-57-64(67)73-62(61-72-74(68,69)71-59-58-65(3,4)5)60-70-63(66)56-54-52-50-48-46-44-42-40-23-21-19-17-15-13-11-9-7-2/h18,20,24-25,62H,6-17,19,21-23,26-61H2,1-5H3/b20-18-,25-24-. The molecular formula is C64H124NO8P. The van der Waals surface area contributed by atoms with Gasteiger partial charge in [-0.25, -0.2) is 0 Å². The molecule has 0 spiro atoms. The van der Waals surface area contributed by atoms with Crippen LogP contribution in [0.15, 0.2) is 24.3 Å². The minimum absolute atomic E-state index is 0.0267. The van der Waals surface area contributed by atoms with Crippen molar-refractivity contribution >= 4 is 19.8 Å². The number of rotatable bonds is 60. The van der Waals surface area contributed by atoms with Crippen molar-refractivity contribution in [3.8, 4) is 0 Å². The number of carbonyl (C=O) groups is 2. The van der Waals surface area contributed by atoms with Gasteiger partial charge >= 0.3 is 11.9 Å². The van der Waals surface area contributed by atoms with Gasteiger partial charge in [0.2, 0.25) is 0 Å². The van der Waals surface area contributed by atoms with Crippen molar-refractivity contribution in [2.45, 2.75) is 328 Å². The largest absolute Gasteiger partial charge is 0.756 e. The maximum Gasteiger partial charge on any atom is 0.306 e. The lowest BCUT2D eigenvalue weighted by molar-refractivity contribution is -0.870. The summed E-state index contributed by atoms with van der Waals surface area (Å²) in [4.78, 5) is 37.9. The van der Waals surface area contributed by atoms with Crippen molar-refractivity contribution in [2.24, 2.45) is 0 Å². The Labute approximate surface area is 459 Å². The van der Waals surface area contributed by atoms with Gasteiger partial charge < -0.3 is 27.9 Å². The third-order valence-corrected chi connectivity index (χ3v) is 15.4. The van der Waals surface area contributed by atoms with E-state index in [1.165, 1.54) is 250 Å². The van der Waals surface area contributed by atoms with Gasteiger partial charge in [0.05, 0.1) is 27.7 Å². The van der Waals surface area contributed by atoms with Crippen molar-refractivity contribution in [3.05, 3.63) is 24.3 Å². The van der Waals surface area contributed by atoms with Gasteiger partial charge in [-0.1, -0.05) is 289 Å². The number of phosphoric ester groups is 1. The molecule has 438 valence electrons. The molecule has 0 bridgehead atoms. The summed E-state index contributed by atoms with van der Waals surface area (Å²) in [5.74, 6) is -0.812. The summed E-state index contributed by atoms with van der Waals surface area (Å²) in [7, 11) is 1.19. The molecule has 0 radical (unpaired) electrons. The second kappa shape index (κ2) is 56.2. The van der Waals surface area contributed by atoms with E-state index in [0.29, 0.717) is 17.4 Å². The molecule has 0 rings (SSSR count). The summed E-state index contributed by atoms with van der Waals surface area (Å²) in [6.45, 7) is 4.29. The molecule has 0 N–H and O–H groups in total. The van der Waals surface area contributed by atoms with E-state index in [1.807, 2.05) is 21.1 Å². The number of likely N-dealkylation sites (N-methyl/N-ethyl adjacent to an activating group) is 1. The summed E-state index contributed by atoms with van der Waals surface area (Å²) >= 11 is 0. The van der Waals surface area contributed by atoms with Crippen LogP contribution in [0.2, 0.25) is 0 Å². The minimum atomic E-state index is -4.63. The zero-order valence-corrected chi connectivity index (χ0v) is 50.7. The average molecular weight is 1070 g/mol. The Balaban J connectivity index is 3.98. The van der Waals surface area contributed by atoms with E-state index >= 15 is 0 Å².